The largest absolute Gasteiger partial charge is 0.497 e. The quantitative estimate of drug-likeness (QED) is 0.894. The highest BCUT2D eigenvalue weighted by Gasteiger charge is 2.29. The number of likely N-dealkylation sites (tertiary alicyclic amines) is 1. The summed E-state index contributed by atoms with van der Waals surface area (Å²) < 4.78 is 5.25. The van der Waals surface area contributed by atoms with E-state index in [1.165, 1.54) is 0 Å². The van der Waals surface area contributed by atoms with Crippen molar-refractivity contribution in [3.05, 3.63) is 35.7 Å². The molecule has 1 aliphatic rings. The van der Waals surface area contributed by atoms with E-state index >= 15 is 0 Å². The molecule has 6 heteroatoms. The van der Waals surface area contributed by atoms with Gasteiger partial charge in [0.2, 0.25) is 0 Å². The predicted molar refractivity (Wildman–Crippen MR) is 95.6 cm³/mol. The molecule has 0 saturated carbocycles. The minimum Gasteiger partial charge on any atom is -0.497 e. The number of carbonyl (C=O) groups excluding carboxylic acids is 1. The lowest BCUT2D eigenvalue weighted by atomic mass is 9.93. The number of hydrogen-bond acceptors (Lipinski definition) is 4. The fourth-order valence-corrected chi connectivity index (χ4v) is 3.31. The zero-order valence-corrected chi connectivity index (χ0v) is 15.0. The molecule has 134 valence electrons. The molecule has 3 rings (SSSR count). The van der Waals surface area contributed by atoms with Gasteiger partial charge >= 0.3 is 0 Å². The zero-order valence-electron chi connectivity index (χ0n) is 15.0. The molecule has 2 unspecified atom stereocenters. The van der Waals surface area contributed by atoms with Crippen LogP contribution in [-0.2, 0) is 0 Å². The standard InChI is InChI=1S/C19H25N3O3/c1-12-17(19(24)22-9-5-7-15(11-22)13(2)23)21-18(20-12)14-6-4-8-16(10-14)25-3/h4,6,8,10,13,15,23H,5,7,9,11H2,1-3H3,(H,20,21). The minimum absolute atomic E-state index is 0.0757. The van der Waals surface area contributed by atoms with Crippen molar-refractivity contribution in [1.29, 1.82) is 0 Å². The number of aromatic amines is 1. The van der Waals surface area contributed by atoms with Gasteiger partial charge in [-0.1, -0.05) is 12.1 Å². The van der Waals surface area contributed by atoms with Crippen molar-refractivity contribution in [1.82, 2.24) is 14.9 Å². The van der Waals surface area contributed by atoms with E-state index in [0.717, 1.165) is 29.8 Å². The summed E-state index contributed by atoms with van der Waals surface area (Å²) in [6.07, 6.45) is 1.46. The third kappa shape index (κ3) is 3.69. The van der Waals surface area contributed by atoms with Crippen LogP contribution in [0.4, 0.5) is 0 Å². The number of methoxy groups -OCH3 is 1. The summed E-state index contributed by atoms with van der Waals surface area (Å²) in [5.41, 5.74) is 2.08. The van der Waals surface area contributed by atoms with Gasteiger partial charge in [0.05, 0.1) is 13.2 Å². The molecule has 0 aliphatic carbocycles. The van der Waals surface area contributed by atoms with Crippen LogP contribution in [0.1, 0.15) is 35.9 Å². The Kier molecular flexibility index (Phi) is 5.08. The molecule has 1 aromatic heterocycles. The van der Waals surface area contributed by atoms with Crippen molar-refractivity contribution in [3.8, 4) is 17.1 Å². The number of aryl methyl sites for hydroxylation is 1. The second-order valence-electron chi connectivity index (χ2n) is 6.69. The molecule has 0 spiro atoms. The number of benzene rings is 1. The summed E-state index contributed by atoms with van der Waals surface area (Å²) in [6.45, 7) is 4.94. The highest BCUT2D eigenvalue weighted by molar-refractivity contribution is 5.94. The molecule has 1 saturated heterocycles. The SMILES string of the molecule is COc1cccc(-c2nc(C(=O)N3CCCC(C(C)O)C3)c(C)[nH]2)c1. The molecule has 1 aromatic carbocycles. The Hall–Kier alpha value is -2.34. The van der Waals surface area contributed by atoms with E-state index in [1.807, 2.05) is 31.2 Å². The number of carbonyl (C=O) groups is 1. The molecule has 1 amide bonds. The molecule has 2 aromatic rings. The molecular weight excluding hydrogens is 318 g/mol. The van der Waals surface area contributed by atoms with E-state index in [1.54, 1.807) is 18.9 Å². The second-order valence-corrected chi connectivity index (χ2v) is 6.69. The molecule has 6 nitrogen and oxygen atoms in total. The average Bonchev–Trinajstić information content (AvgIpc) is 3.03. The van der Waals surface area contributed by atoms with Crippen LogP contribution in [0.2, 0.25) is 0 Å². The second kappa shape index (κ2) is 7.27. The van der Waals surface area contributed by atoms with Gasteiger partial charge in [0.25, 0.3) is 5.91 Å². The highest BCUT2D eigenvalue weighted by Crippen LogP contribution is 2.25. The van der Waals surface area contributed by atoms with E-state index in [0.29, 0.717) is 24.6 Å². The van der Waals surface area contributed by atoms with Crippen LogP contribution in [0, 0.1) is 12.8 Å². The van der Waals surface area contributed by atoms with Crippen LogP contribution in [0.25, 0.3) is 11.4 Å². The first-order chi connectivity index (χ1) is 12.0. The van der Waals surface area contributed by atoms with E-state index in [4.69, 9.17) is 4.74 Å². The van der Waals surface area contributed by atoms with Gasteiger partial charge in [0.1, 0.15) is 17.3 Å². The molecule has 25 heavy (non-hydrogen) atoms. The fourth-order valence-electron chi connectivity index (χ4n) is 3.31. The molecule has 1 fully saturated rings. The van der Waals surface area contributed by atoms with Gasteiger partial charge in [-0.25, -0.2) is 4.98 Å². The van der Waals surface area contributed by atoms with Crippen LogP contribution in [0.5, 0.6) is 5.75 Å². The minimum atomic E-state index is -0.400. The van der Waals surface area contributed by atoms with Crippen molar-refractivity contribution in [3.63, 3.8) is 0 Å². The molecule has 0 radical (unpaired) electrons. The Bertz CT molecular complexity index is 754. The van der Waals surface area contributed by atoms with Crippen molar-refractivity contribution in [2.45, 2.75) is 32.8 Å². The Labute approximate surface area is 147 Å². The van der Waals surface area contributed by atoms with Gasteiger partial charge in [-0.15, -0.1) is 0 Å². The van der Waals surface area contributed by atoms with E-state index in [9.17, 15) is 9.90 Å². The first-order valence-corrected chi connectivity index (χ1v) is 8.68. The lowest BCUT2D eigenvalue weighted by Gasteiger charge is -2.33. The number of H-pyrrole nitrogens is 1. The number of aliphatic hydroxyl groups is 1. The normalized spacial score (nSPS) is 18.9. The first-order valence-electron chi connectivity index (χ1n) is 8.68. The number of nitrogens with one attached hydrogen (secondary N) is 1. The zero-order chi connectivity index (χ0) is 18.0. The maximum absolute atomic E-state index is 12.9. The van der Waals surface area contributed by atoms with E-state index in [2.05, 4.69) is 9.97 Å². The number of imidazole rings is 1. The van der Waals surface area contributed by atoms with Crippen LogP contribution in [0.15, 0.2) is 24.3 Å². The van der Waals surface area contributed by atoms with Gasteiger partial charge in [-0.05, 0) is 38.8 Å². The van der Waals surface area contributed by atoms with E-state index < -0.39 is 6.10 Å². The molecule has 2 heterocycles. The van der Waals surface area contributed by atoms with Gasteiger partial charge in [0, 0.05) is 30.3 Å². The summed E-state index contributed by atoms with van der Waals surface area (Å²) >= 11 is 0. The topological polar surface area (TPSA) is 78.4 Å². The lowest BCUT2D eigenvalue weighted by molar-refractivity contribution is 0.0461. The molecule has 0 bridgehead atoms. The van der Waals surface area contributed by atoms with Crippen molar-refractivity contribution >= 4 is 5.91 Å². The first kappa shape index (κ1) is 17.5. The summed E-state index contributed by atoms with van der Waals surface area (Å²) in [5.74, 6) is 1.46. The smallest absolute Gasteiger partial charge is 0.274 e. The molecular formula is C19H25N3O3. The van der Waals surface area contributed by atoms with Crippen LogP contribution >= 0.6 is 0 Å². The van der Waals surface area contributed by atoms with Gasteiger partial charge in [-0.3, -0.25) is 4.79 Å². The highest BCUT2D eigenvalue weighted by atomic mass is 16.5. The van der Waals surface area contributed by atoms with Gasteiger partial charge in [0.15, 0.2) is 0 Å². The summed E-state index contributed by atoms with van der Waals surface area (Å²) in [5, 5.41) is 9.83. The Morgan fingerprint density at radius 2 is 2.28 bits per heavy atom. The molecule has 2 atom stereocenters. The van der Waals surface area contributed by atoms with Crippen molar-refractivity contribution in [2.24, 2.45) is 5.92 Å². The van der Waals surface area contributed by atoms with Gasteiger partial charge < -0.3 is 19.7 Å². The monoisotopic (exact) mass is 343 g/mol. The predicted octanol–water partition coefficient (Wildman–Crippen LogP) is 2.63. The number of aliphatic hydroxyl groups excluding tert-OH is 1. The van der Waals surface area contributed by atoms with Crippen LogP contribution < -0.4 is 4.74 Å². The van der Waals surface area contributed by atoms with Crippen molar-refractivity contribution in [2.75, 3.05) is 20.2 Å². The number of amides is 1. The number of aromatic nitrogens is 2. The van der Waals surface area contributed by atoms with Crippen molar-refractivity contribution < 1.29 is 14.6 Å². The van der Waals surface area contributed by atoms with Gasteiger partial charge in [-0.2, -0.15) is 0 Å². The third-order valence-corrected chi connectivity index (χ3v) is 4.86. The van der Waals surface area contributed by atoms with Crippen LogP contribution in [-0.4, -0.2) is 52.2 Å². The fraction of sp³-hybridized carbons (Fsp3) is 0.474. The lowest BCUT2D eigenvalue weighted by Crippen LogP contribution is -2.43. The Morgan fingerprint density at radius 1 is 1.48 bits per heavy atom. The maximum atomic E-state index is 12.9. The maximum Gasteiger partial charge on any atom is 0.274 e. The van der Waals surface area contributed by atoms with E-state index in [-0.39, 0.29) is 11.8 Å². The summed E-state index contributed by atoms with van der Waals surface area (Å²) in [7, 11) is 1.62. The third-order valence-electron chi connectivity index (χ3n) is 4.86. The number of piperidine rings is 1. The number of hydrogen-bond donors (Lipinski definition) is 2. The summed E-state index contributed by atoms with van der Waals surface area (Å²) in [4.78, 5) is 22.4. The molecule has 1 aliphatic heterocycles. The van der Waals surface area contributed by atoms with Crippen LogP contribution in [0.3, 0.4) is 0 Å². The molecule has 2 N–H and O–H groups in total. The average molecular weight is 343 g/mol. The number of nitrogens with zero attached hydrogens (tertiary/aromatic N) is 2. The Morgan fingerprint density at radius 3 is 3.00 bits per heavy atom. The Balaban J connectivity index is 1.83. The number of ether oxygens (including phenoxy) is 1. The number of rotatable bonds is 4. The summed E-state index contributed by atoms with van der Waals surface area (Å²) in [6, 6.07) is 7.58.